The third kappa shape index (κ3) is 6.13. The average Bonchev–Trinajstić information content (AvgIpc) is 2.50. The molecule has 1 unspecified atom stereocenters. The van der Waals surface area contributed by atoms with E-state index in [-0.39, 0.29) is 32.2 Å². The van der Waals surface area contributed by atoms with Gasteiger partial charge in [-0.1, -0.05) is 20.3 Å². The fourth-order valence-electron chi connectivity index (χ4n) is 2.11. The molecule has 0 fully saturated rings. The maximum absolute atomic E-state index is 12.6. The van der Waals surface area contributed by atoms with Crippen LogP contribution in [0.2, 0.25) is 0 Å². The molecule has 6 nitrogen and oxygen atoms in total. The molecular weight excluding hydrogens is 312 g/mol. The van der Waals surface area contributed by atoms with E-state index in [9.17, 15) is 14.4 Å². The number of rotatable bonds is 9. The summed E-state index contributed by atoms with van der Waals surface area (Å²) < 4.78 is 15.5. The minimum Gasteiger partial charge on any atom is -0.465 e. The van der Waals surface area contributed by atoms with Crippen LogP contribution in [0.3, 0.4) is 0 Å². The van der Waals surface area contributed by atoms with Crippen molar-refractivity contribution in [2.45, 2.75) is 61.3 Å². The maximum Gasteiger partial charge on any atom is 0.327 e. The van der Waals surface area contributed by atoms with E-state index in [4.69, 9.17) is 14.2 Å². The number of hydrogen-bond acceptors (Lipinski definition) is 6. The second kappa shape index (κ2) is 9.64. The smallest absolute Gasteiger partial charge is 0.327 e. The Hall–Kier alpha value is -1.59. The molecule has 0 aromatic heterocycles. The molecule has 0 N–H and O–H groups in total. The van der Waals surface area contributed by atoms with Gasteiger partial charge in [0.15, 0.2) is 5.41 Å². The Balaban J connectivity index is 5.65. The Kier molecular flexibility index (Phi) is 9.01. The van der Waals surface area contributed by atoms with Gasteiger partial charge in [-0.05, 0) is 47.0 Å². The van der Waals surface area contributed by atoms with Crippen molar-refractivity contribution in [1.29, 1.82) is 0 Å². The summed E-state index contributed by atoms with van der Waals surface area (Å²) in [6, 6.07) is 0. The van der Waals surface area contributed by atoms with Gasteiger partial charge in [0.1, 0.15) is 6.61 Å². The fraction of sp³-hybridized carbons (Fsp3) is 0.833. The molecule has 0 aliphatic heterocycles. The van der Waals surface area contributed by atoms with E-state index in [0.717, 1.165) is 6.42 Å². The van der Waals surface area contributed by atoms with Gasteiger partial charge in [0, 0.05) is 0 Å². The quantitative estimate of drug-likeness (QED) is 0.363. The molecule has 0 aromatic rings. The van der Waals surface area contributed by atoms with Crippen LogP contribution in [-0.2, 0) is 28.6 Å². The Morgan fingerprint density at radius 3 is 1.62 bits per heavy atom. The molecule has 140 valence electrons. The first-order valence-corrected chi connectivity index (χ1v) is 8.56. The van der Waals surface area contributed by atoms with Crippen molar-refractivity contribution in [3.63, 3.8) is 0 Å². The highest BCUT2D eigenvalue weighted by molar-refractivity contribution is 6.00. The predicted octanol–water partition coefficient (Wildman–Crippen LogP) is 3.12. The van der Waals surface area contributed by atoms with Crippen LogP contribution in [0.1, 0.15) is 61.3 Å². The molecule has 0 saturated heterocycles. The summed E-state index contributed by atoms with van der Waals surface area (Å²) in [7, 11) is 0. The van der Waals surface area contributed by atoms with Crippen LogP contribution in [0.25, 0.3) is 0 Å². The number of carbonyl (C=O) groups excluding carboxylic acids is 3. The number of hydrogen-bond donors (Lipinski definition) is 0. The van der Waals surface area contributed by atoms with Crippen molar-refractivity contribution in [3.8, 4) is 0 Å². The zero-order valence-electron chi connectivity index (χ0n) is 16.1. The molecule has 0 aliphatic rings. The molecule has 0 radical (unpaired) electrons. The van der Waals surface area contributed by atoms with E-state index in [1.165, 1.54) is 0 Å². The van der Waals surface area contributed by atoms with Gasteiger partial charge in [-0.2, -0.15) is 0 Å². The van der Waals surface area contributed by atoms with E-state index in [1.807, 2.05) is 13.8 Å². The molecule has 0 aromatic carbocycles. The third-order valence-electron chi connectivity index (χ3n) is 3.79. The molecule has 0 rings (SSSR count). The normalized spacial score (nSPS) is 13.1. The van der Waals surface area contributed by atoms with E-state index < -0.39 is 28.7 Å². The zero-order valence-corrected chi connectivity index (χ0v) is 16.1. The highest BCUT2D eigenvalue weighted by atomic mass is 16.6. The van der Waals surface area contributed by atoms with E-state index in [1.54, 1.807) is 34.6 Å². The molecule has 1 atom stereocenters. The van der Waals surface area contributed by atoms with Crippen molar-refractivity contribution >= 4 is 17.9 Å². The number of esters is 3. The van der Waals surface area contributed by atoms with Crippen molar-refractivity contribution in [3.05, 3.63) is 0 Å². The Bertz CT molecular complexity index is 417. The average molecular weight is 344 g/mol. The second-order valence-corrected chi connectivity index (χ2v) is 7.07. The van der Waals surface area contributed by atoms with Crippen molar-refractivity contribution in [1.82, 2.24) is 0 Å². The monoisotopic (exact) mass is 344 g/mol. The van der Waals surface area contributed by atoms with Gasteiger partial charge in [-0.3, -0.25) is 14.4 Å². The lowest BCUT2D eigenvalue weighted by Gasteiger charge is -2.31. The van der Waals surface area contributed by atoms with Crippen LogP contribution in [0, 0.1) is 16.7 Å². The van der Waals surface area contributed by atoms with Crippen LogP contribution in [0.5, 0.6) is 0 Å². The van der Waals surface area contributed by atoms with E-state index >= 15 is 0 Å². The molecule has 6 heteroatoms. The van der Waals surface area contributed by atoms with Gasteiger partial charge in [-0.15, -0.1) is 0 Å². The van der Waals surface area contributed by atoms with E-state index in [0.29, 0.717) is 0 Å². The van der Waals surface area contributed by atoms with Crippen LogP contribution >= 0.6 is 0 Å². The number of ether oxygens (including phenoxy) is 3. The first kappa shape index (κ1) is 22.4. The molecule has 0 bridgehead atoms. The lowest BCUT2D eigenvalue weighted by Crippen LogP contribution is -2.48. The van der Waals surface area contributed by atoms with Crippen LogP contribution in [-0.4, -0.2) is 37.7 Å². The van der Waals surface area contributed by atoms with Crippen molar-refractivity contribution in [2.24, 2.45) is 16.7 Å². The first-order chi connectivity index (χ1) is 11.0. The van der Waals surface area contributed by atoms with Gasteiger partial charge in [0.25, 0.3) is 0 Å². The Labute approximate surface area is 145 Å². The van der Waals surface area contributed by atoms with Gasteiger partial charge in [0.2, 0.25) is 0 Å². The highest BCUT2D eigenvalue weighted by Gasteiger charge is 2.51. The molecule has 0 heterocycles. The zero-order chi connectivity index (χ0) is 19.0. The van der Waals surface area contributed by atoms with Gasteiger partial charge in [-0.25, -0.2) is 0 Å². The summed E-state index contributed by atoms with van der Waals surface area (Å²) >= 11 is 0. The summed E-state index contributed by atoms with van der Waals surface area (Å²) in [6.07, 6.45) is 0.979. The summed E-state index contributed by atoms with van der Waals surface area (Å²) in [5.41, 5.74) is -2.35. The maximum atomic E-state index is 12.6. The molecule has 0 amide bonds. The minimum atomic E-state index is -1.62. The molecule has 0 saturated carbocycles. The molecule has 0 spiro atoms. The summed E-state index contributed by atoms with van der Waals surface area (Å²) in [4.78, 5) is 37.3. The molecule has 24 heavy (non-hydrogen) atoms. The lowest BCUT2D eigenvalue weighted by molar-refractivity contribution is -0.182. The molecular formula is C18H32O6. The van der Waals surface area contributed by atoms with Crippen molar-refractivity contribution in [2.75, 3.05) is 19.8 Å². The van der Waals surface area contributed by atoms with Gasteiger partial charge in [0.05, 0.1) is 18.6 Å². The second-order valence-electron chi connectivity index (χ2n) is 7.07. The SMILES string of the molecule is CCOC(=O)C(COC(=O)C(C)(C)C)(CC(C)CC)C(=O)OCC. The van der Waals surface area contributed by atoms with Crippen LogP contribution < -0.4 is 0 Å². The van der Waals surface area contributed by atoms with Crippen LogP contribution in [0.15, 0.2) is 0 Å². The van der Waals surface area contributed by atoms with Crippen molar-refractivity contribution < 1.29 is 28.6 Å². The molecule has 0 aliphatic carbocycles. The predicted molar refractivity (Wildman–Crippen MR) is 90.2 cm³/mol. The van der Waals surface area contributed by atoms with Gasteiger partial charge >= 0.3 is 17.9 Å². The number of carbonyl (C=O) groups is 3. The summed E-state index contributed by atoms with van der Waals surface area (Å²) in [6.45, 7) is 12.2. The third-order valence-corrected chi connectivity index (χ3v) is 3.79. The topological polar surface area (TPSA) is 78.9 Å². The first-order valence-electron chi connectivity index (χ1n) is 8.56. The fourth-order valence-corrected chi connectivity index (χ4v) is 2.11. The summed E-state index contributed by atoms with van der Waals surface area (Å²) in [5.74, 6) is -1.83. The Morgan fingerprint density at radius 2 is 1.29 bits per heavy atom. The van der Waals surface area contributed by atoms with Gasteiger partial charge < -0.3 is 14.2 Å². The lowest BCUT2D eigenvalue weighted by atomic mass is 9.79. The Morgan fingerprint density at radius 1 is 0.833 bits per heavy atom. The summed E-state index contributed by atoms with van der Waals surface area (Å²) in [5, 5.41) is 0. The standard InChI is InChI=1S/C18H32O6/c1-8-13(4)11-18(15(20)22-9-2,16(21)23-10-3)12-24-14(19)17(5,6)7/h13H,8-12H2,1-7H3. The highest BCUT2D eigenvalue weighted by Crippen LogP contribution is 2.33. The minimum absolute atomic E-state index is 0.0622. The largest absolute Gasteiger partial charge is 0.465 e. The van der Waals surface area contributed by atoms with E-state index in [2.05, 4.69) is 0 Å². The van der Waals surface area contributed by atoms with Crippen LogP contribution in [0.4, 0.5) is 0 Å².